The molecule has 0 amide bonds. The van der Waals surface area contributed by atoms with Gasteiger partial charge in [-0.1, -0.05) is 19.9 Å². The number of imidazole rings is 1. The van der Waals surface area contributed by atoms with Gasteiger partial charge in [0.1, 0.15) is 5.60 Å². The summed E-state index contributed by atoms with van der Waals surface area (Å²) in [6.07, 6.45) is 11.0. The van der Waals surface area contributed by atoms with E-state index < -0.39 is 17.0 Å². The highest BCUT2D eigenvalue weighted by molar-refractivity contribution is 5.92. The lowest BCUT2D eigenvalue weighted by Gasteiger charge is -2.43. The van der Waals surface area contributed by atoms with E-state index in [1.807, 2.05) is 13.8 Å². The molecule has 6 heteroatoms. The van der Waals surface area contributed by atoms with Gasteiger partial charge in [-0.05, 0) is 37.1 Å². The number of rotatable bonds is 3. The minimum absolute atomic E-state index is 0.00150. The molecule has 1 heterocycles. The second-order valence-corrected chi connectivity index (χ2v) is 6.44. The van der Waals surface area contributed by atoms with Crippen LogP contribution >= 0.6 is 0 Å². The van der Waals surface area contributed by atoms with Gasteiger partial charge in [0, 0.05) is 30.3 Å². The van der Waals surface area contributed by atoms with E-state index in [0.29, 0.717) is 11.1 Å². The molecule has 130 valence electrons. The van der Waals surface area contributed by atoms with E-state index in [0.717, 1.165) is 6.08 Å². The van der Waals surface area contributed by atoms with Crippen LogP contribution in [-0.4, -0.2) is 37.5 Å². The van der Waals surface area contributed by atoms with E-state index in [4.69, 9.17) is 5.11 Å². The lowest BCUT2D eigenvalue weighted by Crippen LogP contribution is -2.48. The van der Waals surface area contributed by atoms with E-state index in [-0.39, 0.29) is 12.2 Å². The number of carbonyl (C=O) groups excluding carboxylic acids is 1. The molecule has 0 aliphatic heterocycles. The molecule has 1 aliphatic carbocycles. The average Bonchev–Trinajstić information content (AvgIpc) is 3.00. The largest absolute Gasteiger partial charge is 0.478 e. The SMILES string of the molecule is CC1=CC(=O)CC(C)(C)C1(O)/C=C/C(C)=C/C(=O)O.c1c[nH]cn1. The van der Waals surface area contributed by atoms with Gasteiger partial charge in [-0.15, -0.1) is 0 Å². The van der Waals surface area contributed by atoms with Crippen LogP contribution in [0.3, 0.4) is 0 Å². The number of H-pyrrole nitrogens is 1. The van der Waals surface area contributed by atoms with Crippen molar-refractivity contribution in [2.75, 3.05) is 0 Å². The Morgan fingerprint density at radius 3 is 2.50 bits per heavy atom. The number of aromatic nitrogens is 2. The molecule has 0 bridgehead atoms. The number of aliphatic carboxylic acids is 1. The first-order valence-corrected chi connectivity index (χ1v) is 7.56. The van der Waals surface area contributed by atoms with E-state index in [2.05, 4.69) is 9.97 Å². The quantitative estimate of drug-likeness (QED) is 0.583. The number of hydrogen-bond acceptors (Lipinski definition) is 4. The summed E-state index contributed by atoms with van der Waals surface area (Å²) >= 11 is 0. The number of carbonyl (C=O) groups is 2. The van der Waals surface area contributed by atoms with E-state index >= 15 is 0 Å². The maximum absolute atomic E-state index is 11.6. The molecule has 24 heavy (non-hydrogen) atoms. The summed E-state index contributed by atoms with van der Waals surface area (Å²) in [7, 11) is 0. The number of allylic oxidation sites excluding steroid dienone is 3. The molecule has 3 N–H and O–H groups in total. The van der Waals surface area contributed by atoms with Crippen LogP contribution in [0.15, 0.2) is 54.2 Å². The zero-order chi connectivity index (χ0) is 18.4. The predicted octanol–water partition coefficient (Wildman–Crippen LogP) is 2.66. The van der Waals surface area contributed by atoms with Crippen LogP contribution in [0.25, 0.3) is 0 Å². The number of aromatic amines is 1. The van der Waals surface area contributed by atoms with E-state index in [1.54, 1.807) is 44.7 Å². The summed E-state index contributed by atoms with van der Waals surface area (Å²) in [6.45, 7) is 7.00. The van der Waals surface area contributed by atoms with Crippen molar-refractivity contribution in [2.24, 2.45) is 5.41 Å². The van der Waals surface area contributed by atoms with Crippen molar-refractivity contribution in [3.63, 3.8) is 0 Å². The van der Waals surface area contributed by atoms with Crippen molar-refractivity contribution >= 4 is 11.8 Å². The third kappa shape index (κ3) is 5.03. The normalized spacial score (nSPS) is 23.5. The van der Waals surface area contributed by atoms with Gasteiger partial charge in [-0.3, -0.25) is 4.79 Å². The van der Waals surface area contributed by atoms with Crippen LogP contribution in [-0.2, 0) is 9.59 Å². The molecule has 0 radical (unpaired) electrons. The molecule has 1 atom stereocenters. The lowest BCUT2D eigenvalue weighted by atomic mass is 9.64. The highest BCUT2D eigenvalue weighted by Crippen LogP contribution is 2.44. The molecule has 1 unspecified atom stereocenters. The number of carboxylic acids is 1. The Morgan fingerprint density at radius 1 is 1.42 bits per heavy atom. The predicted molar refractivity (Wildman–Crippen MR) is 91.2 cm³/mol. The summed E-state index contributed by atoms with van der Waals surface area (Å²) in [4.78, 5) is 28.5. The molecule has 1 aliphatic rings. The fourth-order valence-corrected chi connectivity index (χ4v) is 2.57. The van der Waals surface area contributed by atoms with Crippen LogP contribution in [0.5, 0.6) is 0 Å². The Bertz CT molecular complexity index is 652. The van der Waals surface area contributed by atoms with Crippen LogP contribution in [0.1, 0.15) is 34.1 Å². The van der Waals surface area contributed by atoms with Gasteiger partial charge in [0.25, 0.3) is 0 Å². The number of aliphatic hydroxyl groups is 1. The van der Waals surface area contributed by atoms with Crippen molar-refractivity contribution in [2.45, 2.75) is 39.7 Å². The monoisotopic (exact) mass is 332 g/mol. The third-order valence-electron chi connectivity index (χ3n) is 3.97. The highest BCUT2D eigenvalue weighted by Gasteiger charge is 2.46. The molecule has 0 saturated carbocycles. The molecular formula is C18H24N2O4. The van der Waals surface area contributed by atoms with E-state index in [9.17, 15) is 14.7 Å². The van der Waals surface area contributed by atoms with Crippen molar-refractivity contribution in [1.82, 2.24) is 9.97 Å². The molecule has 6 nitrogen and oxygen atoms in total. The molecule has 0 fully saturated rings. The number of ketones is 1. The first-order chi connectivity index (χ1) is 11.1. The fourth-order valence-electron chi connectivity index (χ4n) is 2.57. The maximum atomic E-state index is 11.6. The topological polar surface area (TPSA) is 103 Å². The first-order valence-electron chi connectivity index (χ1n) is 7.56. The van der Waals surface area contributed by atoms with Crippen molar-refractivity contribution < 1.29 is 19.8 Å². The minimum atomic E-state index is -1.24. The van der Waals surface area contributed by atoms with E-state index in [1.165, 1.54) is 6.08 Å². The summed E-state index contributed by atoms with van der Waals surface area (Å²) in [5.74, 6) is -1.03. The van der Waals surface area contributed by atoms with Gasteiger partial charge in [-0.25, -0.2) is 9.78 Å². The standard InChI is InChI=1S/C15H20O4.C3H4N2/c1-10(7-13(17)18)5-6-15(19)11(2)8-12(16)9-14(15,3)4;1-2-5-3-4-1/h5-8,19H,9H2,1-4H3,(H,17,18);1-3H,(H,4,5)/b6-5+,10-7+;. The summed E-state index contributed by atoms with van der Waals surface area (Å²) in [5.41, 5.74) is -0.758. The van der Waals surface area contributed by atoms with Gasteiger partial charge < -0.3 is 15.2 Å². The van der Waals surface area contributed by atoms with Crippen LogP contribution in [0.2, 0.25) is 0 Å². The van der Waals surface area contributed by atoms with Gasteiger partial charge in [-0.2, -0.15) is 0 Å². The molecule has 0 spiro atoms. The number of nitrogens with zero attached hydrogens (tertiary/aromatic N) is 1. The fraction of sp³-hybridized carbons (Fsp3) is 0.389. The number of carboxylic acid groups (broad SMARTS) is 1. The zero-order valence-corrected chi connectivity index (χ0v) is 14.4. The van der Waals surface area contributed by atoms with Crippen LogP contribution < -0.4 is 0 Å². The molecule has 2 rings (SSSR count). The second-order valence-electron chi connectivity index (χ2n) is 6.44. The smallest absolute Gasteiger partial charge is 0.328 e. The maximum Gasteiger partial charge on any atom is 0.328 e. The highest BCUT2D eigenvalue weighted by atomic mass is 16.4. The second kappa shape index (κ2) is 7.88. The third-order valence-corrected chi connectivity index (χ3v) is 3.97. The summed E-state index contributed by atoms with van der Waals surface area (Å²) in [5, 5.41) is 19.4. The van der Waals surface area contributed by atoms with Gasteiger partial charge in [0.2, 0.25) is 0 Å². The molecular weight excluding hydrogens is 308 g/mol. The molecule has 0 aromatic carbocycles. The van der Waals surface area contributed by atoms with Crippen molar-refractivity contribution in [3.05, 3.63) is 54.2 Å². The zero-order valence-electron chi connectivity index (χ0n) is 14.4. The molecule has 0 saturated heterocycles. The van der Waals surface area contributed by atoms with Gasteiger partial charge in [0.15, 0.2) is 5.78 Å². The Morgan fingerprint density at radius 2 is 2.08 bits per heavy atom. The Hall–Kier alpha value is -2.47. The van der Waals surface area contributed by atoms with Crippen molar-refractivity contribution in [3.8, 4) is 0 Å². The van der Waals surface area contributed by atoms with Crippen molar-refractivity contribution in [1.29, 1.82) is 0 Å². The average molecular weight is 332 g/mol. The Labute approximate surface area is 141 Å². The number of hydrogen-bond donors (Lipinski definition) is 3. The van der Waals surface area contributed by atoms with Crippen LogP contribution in [0.4, 0.5) is 0 Å². The molecule has 1 aromatic rings. The van der Waals surface area contributed by atoms with Crippen LogP contribution in [0, 0.1) is 5.41 Å². The Balaban J connectivity index is 0.000000488. The summed E-state index contributed by atoms with van der Waals surface area (Å²) < 4.78 is 0. The lowest BCUT2D eigenvalue weighted by molar-refractivity contribution is -0.131. The number of nitrogens with one attached hydrogen (secondary N) is 1. The minimum Gasteiger partial charge on any atom is -0.478 e. The summed E-state index contributed by atoms with van der Waals surface area (Å²) in [6, 6.07) is 0. The first kappa shape index (κ1) is 19.6. The van der Waals surface area contributed by atoms with Gasteiger partial charge in [0.05, 0.1) is 6.33 Å². The van der Waals surface area contributed by atoms with Gasteiger partial charge >= 0.3 is 5.97 Å². The Kier molecular flexibility index (Phi) is 6.42. The molecule has 1 aromatic heterocycles.